The minimum Gasteiger partial charge on any atom is -0.458 e. The van der Waals surface area contributed by atoms with Crippen molar-refractivity contribution in [2.45, 2.75) is 154 Å². The number of ether oxygens (including phenoxy) is 6. The van der Waals surface area contributed by atoms with Gasteiger partial charge in [-0.05, 0) is 65.6 Å². The third-order valence-corrected chi connectivity index (χ3v) is 14.3. The smallest absolute Gasteiger partial charge is 0.410 e. The Morgan fingerprint density at radius 3 is 2.48 bits per heavy atom. The number of fused-ring (bicyclic) bond motifs is 3. The largest absolute Gasteiger partial charge is 0.458 e. The molecule has 362 valence electrons. The first kappa shape index (κ1) is 49.3. The molecule has 19 heteroatoms. The van der Waals surface area contributed by atoms with Crippen molar-refractivity contribution in [3.8, 4) is 11.3 Å². The zero-order valence-corrected chi connectivity index (χ0v) is 39.9. The molecule has 4 aliphatic heterocycles. The average molecular weight is 920 g/mol. The summed E-state index contributed by atoms with van der Waals surface area (Å²) in [5, 5.41) is 8.50. The van der Waals surface area contributed by atoms with E-state index < -0.39 is 83.5 Å². The molecule has 13 atom stereocenters. The van der Waals surface area contributed by atoms with Crippen molar-refractivity contribution < 1.29 is 47.6 Å². The number of carbonyl (C=O) groups excluding carboxylic acids is 4. The van der Waals surface area contributed by atoms with E-state index in [1.54, 1.807) is 49.1 Å². The molecule has 4 fully saturated rings. The van der Waals surface area contributed by atoms with Crippen LogP contribution in [0.15, 0.2) is 43.2 Å². The van der Waals surface area contributed by atoms with Crippen molar-refractivity contribution in [3.05, 3.63) is 48.9 Å². The molecule has 3 aromatic heterocycles. The highest BCUT2D eigenvalue weighted by Crippen LogP contribution is 2.46. The second-order valence-electron chi connectivity index (χ2n) is 18.9. The average Bonchev–Trinajstić information content (AvgIpc) is 4.04. The van der Waals surface area contributed by atoms with E-state index in [-0.39, 0.29) is 37.3 Å². The molecule has 0 radical (unpaired) electrons. The molecule has 2 N–H and O–H groups in total. The minimum absolute atomic E-state index is 0.00856. The summed E-state index contributed by atoms with van der Waals surface area (Å²) in [6.45, 7) is 14.9. The number of hydrogen-bond donors (Lipinski definition) is 1. The summed E-state index contributed by atoms with van der Waals surface area (Å²) in [6.07, 6.45) is 7.45. The SMILES string of the molecule is CC[C@H]1OC(=O)[C@H](C)C(=O)[C@H](C)[C@H]2O[C@@H]3O[C@H](C)C[C@H](N(C)CCc4cn(CCN)nn4)[C@H]3O[C@@]2(OC)C[C@@H](C)C(=O)[C@H](C)[C@H]2N(CCCCn3cnc(-c4cccnc4)c3)C(=O)O[C@]12C. The number of imidazole rings is 1. The van der Waals surface area contributed by atoms with Gasteiger partial charge in [0.25, 0.3) is 0 Å². The van der Waals surface area contributed by atoms with Crippen LogP contribution in [0.3, 0.4) is 0 Å². The number of Topliss-reactive ketones (excluding diaryl/α,β-unsaturated/α-hetero) is 2. The Kier molecular flexibility index (Phi) is 15.4. The normalized spacial score (nSPS) is 34.3. The number of nitrogens with two attached hydrogens (primary N) is 1. The number of likely N-dealkylation sites (N-methyl/N-ethyl adjacent to an activating group) is 1. The third-order valence-electron chi connectivity index (χ3n) is 14.3. The Labute approximate surface area is 387 Å². The van der Waals surface area contributed by atoms with Gasteiger partial charge in [-0.1, -0.05) is 32.9 Å². The van der Waals surface area contributed by atoms with Gasteiger partial charge in [-0.25, -0.2) is 9.78 Å². The standard InChI is InChI=1S/C47H69N9O10/c1-10-37-46(7)41(56(45(60)66-46)19-12-11-18-54-26-35(50-27-54)33-14-13-17-49-24-33)30(4)38(57)28(2)23-47(61-9)42(31(5)39(58)32(6)43(59)63-37)64-44-40(65-47)36(22-29(3)62-44)53(8)20-15-34-25-55(21-16-48)52-51-34/h13-14,17,24-32,36-37,40-42,44H,10-12,15-16,18-23,48H2,1-9H3/t28-,29-,30+,31+,32-,36+,37-,40-,41-,42-,44+,46-,47+/m1/s1. The fourth-order valence-corrected chi connectivity index (χ4v) is 10.6. The van der Waals surface area contributed by atoms with Crippen LogP contribution in [0, 0.1) is 23.7 Å². The molecule has 0 saturated carbocycles. The maximum Gasteiger partial charge on any atom is 0.410 e. The van der Waals surface area contributed by atoms with Crippen molar-refractivity contribution >= 4 is 23.6 Å². The summed E-state index contributed by atoms with van der Waals surface area (Å²) >= 11 is 0. The molecule has 0 aromatic carbocycles. The Bertz CT molecular complexity index is 2150. The van der Waals surface area contributed by atoms with Crippen molar-refractivity contribution in [3.63, 3.8) is 0 Å². The predicted octanol–water partition coefficient (Wildman–Crippen LogP) is 4.07. The summed E-state index contributed by atoms with van der Waals surface area (Å²) in [5.74, 6) is -6.73. The summed E-state index contributed by atoms with van der Waals surface area (Å²) in [7, 11) is 3.50. The van der Waals surface area contributed by atoms with Crippen molar-refractivity contribution in [1.29, 1.82) is 0 Å². The van der Waals surface area contributed by atoms with Gasteiger partial charge in [0, 0.05) is 100 Å². The number of unbranched alkanes of at least 4 members (excludes halogenated alkanes) is 1. The highest BCUT2D eigenvalue weighted by atomic mass is 16.8. The lowest BCUT2D eigenvalue weighted by Crippen LogP contribution is -2.69. The Morgan fingerprint density at radius 2 is 1.77 bits per heavy atom. The zero-order valence-electron chi connectivity index (χ0n) is 39.9. The summed E-state index contributed by atoms with van der Waals surface area (Å²) in [6, 6.07) is 2.78. The van der Waals surface area contributed by atoms with E-state index in [0.29, 0.717) is 51.9 Å². The van der Waals surface area contributed by atoms with Gasteiger partial charge in [0.1, 0.15) is 30.0 Å². The number of carbonyl (C=O) groups is 4. The van der Waals surface area contributed by atoms with Crippen LogP contribution < -0.4 is 5.73 Å². The molecule has 4 saturated heterocycles. The number of esters is 1. The fourth-order valence-electron chi connectivity index (χ4n) is 10.6. The van der Waals surface area contributed by atoms with Crippen LogP contribution in [0.4, 0.5) is 4.79 Å². The molecular formula is C47H69N9O10. The fraction of sp³-hybridized carbons (Fsp3) is 0.702. The van der Waals surface area contributed by atoms with Crippen LogP contribution in [0.2, 0.25) is 0 Å². The lowest BCUT2D eigenvalue weighted by molar-refractivity contribution is -0.424. The van der Waals surface area contributed by atoms with Crippen LogP contribution in [0.25, 0.3) is 11.3 Å². The number of aryl methyl sites for hydroxylation is 1. The molecule has 7 rings (SSSR count). The highest BCUT2D eigenvalue weighted by molar-refractivity contribution is 6.00. The van der Waals surface area contributed by atoms with Crippen molar-refractivity contribution in [1.82, 2.24) is 39.3 Å². The zero-order chi connectivity index (χ0) is 47.5. The van der Waals surface area contributed by atoms with Crippen LogP contribution in [-0.2, 0) is 62.3 Å². The van der Waals surface area contributed by atoms with Crippen LogP contribution in [0.1, 0.15) is 86.3 Å². The molecule has 0 spiro atoms. The minimum atomic E-state index is -1.63. The van der Waals surface area contributed by atoms with Crippen molar-refractivity contribution in [2.75, 3.05) is 33.8 Å². The number of hydrogen-bond acceptors (Lipinski definition) is 16. The Hall–Kier alpha value is -4.66. The number of cyclic esters (lactones) is 1. The molecule has 0 bridgehead atoms. The summed E-state index contributed by atoms with van der Waals surface area (Å²) < 4.78 is 42.9. The first-order valence-electron chi connectivity index (χ1n) is 23.6. The molecule has 66 heavy (non-hydrogen) atoms. The molecule has 0 unspecified atom stereocenters. The first-order chi connectivity index (χ1) is 31.5. The molecule has 3 aromatic rings. The van der Waals surface area contributed by atoms with E-state index in [1.807, 2.05) is 56.9 Å². The third kappa shape index (κ3) is 9.97. The second kappa shape index (κ2) is 20.7. The molecule has 19 nitrogen and oxygen atoms in total. The number of rotatable bonds is 14. The molecular weight excluding hydrogens is 851 g/mol. The van der Waals surface area contributed by atoms with E-state index in [9.17, 15) is 14.4 Å². The van der Waals surface area contributed by atoms with Gasteiger partial charge in [-0.3, -0.25) is 24.0 Å². The molecule has 7 heterocycles. The maximum atomic E-state index is 15.0. The highest BCUT2D eigenvalue weighted by Gasteiger charge is 2.62. The van der Waals surface area contributed by atoms with E-state index >= 15 is 4.79 Å². The monoisotopic (exact) mass is 920 g/mol. The number of ketones is 2. The van der Waals surface area contributed by atoms with Crippen molar-refractivity contribution in [2.24, 2.45) is 29.4 Å². The van der Waals surface area contributed by atoms with E-state index in [1.165, 1.54) is 14.0 Å². The number of nitrogens with zero attached hydrogens (tertiary/aromatic N) is 8. The lowest BCUT2D eigenvalue weighted by atomic mass is 9.75. The van der Waals surface area contributed by atoms with E-state index in [2.05, 4.69) is 25.2 Å². The summed E-state index contributed by atoms with van der Waals surface area (Å²) in [5.41, 5.74) is 6.84. The number of methoxy groups -OCH3 is 1. The number of pyridine rings is 1. The van der Waals surface area contributed by atoms with Gasteiger partial charge in [0.15, 0.2) is 23.5 Å². The second-order valence-corrected chi connectivity index (χ2v) is 18.9. The van der Waals surface area contributed by atoms with Gasteiger partial charge in [0.05, 0.1) is 36.4 Å². The maximum absolute atomic E-state index is 15.0. The number of aromatic nitrogens is 6. The van der Waals surface area contributed by atoms with Crippen LogP contribution in [0.5, 0.6) is 0 Å². The first-order valence-corrected chi connectivity index (χ1v) is 23.6. The number of amides is 1. The van der Waals surface area contributed by atoms with Crippen LogP contribution in [-0.4, -0.2) is 151 Å². The van der Waals surface area contributed by atoms with Gasteiger partial charge in [-0.2, -0.15) is 0 Å². The molecule has 1 amide bonds. The van der Waals surface area contributed by atoms with Gasteiger partial charge >= 0.3 is 12.1 Å². The van der Waals surface area contributed by atoms with Gasteiger partial charge in [0.2, 0.25) is 0 Å². The van der Waals surface area contributed by atoms with E-state index in [0.717, 1.165) is 17.0 Å². The predicted molar refractivity (Wildman–Crippen MR) is 239 cm³/mol. The lowest BCUT2D eigenvalue weighted by Gasteiger charge is -2.55. The Balaban J connectivity index is 1.15. The van der Waals surface area contributed by atoms with Gasteiger partial charge < -0.3 is 48.5 Å². The quantitative estimate of drug-likeness (QED) is 0.137. The topological polar surface area (TPSA) is 218 Å². The van der Waals surface area contributed by atoms with Gasteiger partial charge in [-0.15, -0.1) is 5.10 Å². The Morgan fingerprint density at radius 1 is 1.00 bits per heavy atom. The van der Waals surface area contributed by atoms with E-state index in [4.69, 9.17) is 34.2 Å². The molecule has 0 aliphatic carbocycles. The molecule has 4 aliphatic rings. The summed E-state index contributed by atoms with van der Waals surface area (Å²) in [4.78, 5) is 70.2. The van der Waals surface area contributed by atoms with Crippen LogP contribution >= 0.6 is 0 Å².